The second kappa shape index (κ2) is 41.8. The average Bonchev–Trinajstić information content (AvgIpc) is 3.19. The Morgan fingerprint density at radius 2 is 0.949 bits per heavy atom. The van der Waals surface area contributed by atoms with Gasteiger partial charge in [-0.15, -0.1) is 0 Å². The molecule has 0 radical (unpaired) electrons. The molecule has 0 aliphatic rings. The number of likely N-dealkylation sites (N-methyl/N-ethyl adjacent to an activating group) is 1. The molecule has 0 bridgehead atoms. The number of unbranched alkanes of at least 4 members (excludes halogenated alkanes) is 18. The van der Waals surface area contributed by atoms with Gasteiger partial charge in [0.15, 0.2) is 12.1 Å². The van der Waals surface area contributed by atoms with Crippen LogP contribution in [0.25, 0.3) is 0 Å². The lowest BCUT2D eigenvalue weighted by Crippen LogP contribution is -2.50. The topological polar surface area (TPSA) is 99.1 Å². The SMILES string of the molecule is CC/C=C/C/C=C/C/C=C/C/C=C/C/C=C/CCC(=O)OCC(COCCC(C(=O)O)[N+](C)(C)C)OC(=O)CCCCCCCCCCCCCCCCCCCCC. The highest BCUT2D eigenvalue weighted by Gasteiger charge is 2.31. The van der Waals surface area contributed by atoms with Crippen LogP contribution < -0.4 is 0 Å². The van der Waals surface area contributed by atoms with E-state index >= 15 is 0 Å². The van der Waals surface area contributed by atoms with Gasteiger partial charge >= 0.3 is 17.9 Å². The van der Waals surface area contributed by atoms with Crippen molar-refractivity contribution in [1.29, 1.82) is 0 Å². The second-order valence-corrected chi connectivity index (χ2v) is 17.0. The maximum Gasteiger partial charge on any atom is 0.362 e. The lowest BCUT2D eigenvalue weighted by atomic mass is 10.0. The summed E-state index contributed by atoms with van der Waals surface area (Å²) < 4.78 is 17.2. The molecule has 0 rings (SSSR count). The molecule has 340 valence electrons. The van der Waals surface area contributed by atoms with Gasteiger partial charge in [0.05, 0.1) is 34.4 Å². The molecule has 8 heteroatoms. The van der Waals surface area contributed by atoms with Gasteiger partial charge < -0.3 is 23.8 Å². The van der Waals surface area contributed by atoms with E-state index in [0.717, 1.165) is 51.4 Å². The molecule has 0 amide bonds. The van der Waals surface area contributed by atoms with Crippen LogP contribution in [-0.2, 0) is 28.6 Å². The first-order valence-electron chi connectivity index (χ1n) is 23.8. The minimum Gasteiger partial charge on any atom is -0.477 e. The first-order chi connectivity index (χ1) is 28.6. The Labute approximate surface area is 362 Å². The lowest BCUT2D eigenvalue weighted by Gasteiger charge is -2.31. The summed E-state index contributed by atoms with van der Waals surface area (Å²) in [7, 11) is 5.51. The maximum atomic E-state index is 12.8. The summed E-state index contributed by atoms with van der Waals surface area (Å²) in [5.41, 5.74) is 0. The van der Waals surface area contributed by atoms with E-state index in [2.05, 4.69) is 62.5 Å². The quantitative estimate of drug-likeness (QED) is 0.0283. The normalized spacial score (nSPS) is 13.4. The van der Waals surface area contributed by atoms with E-state index in [1.807, 2.05) is 33.3 Å². The molecular formula is C51H90NO7+. The number of aliphatic carboxylic acids is 1. The van der Waals surface area contributed by atoms with Crippen molar-refractivity contribution in [2.45, 2.75) is 206 Å². The van der Waals surface area contributed by atoms with Gasteiger partial charge in [-0.25, -0.2) is 4.79 Å². The van der Waals surface area contributed by atoms with Gasteiger partial charge in [0, 0.05) is 19.3 Å². The zero-order chi connectivity index (χ0) is 43.5. The second-order valence-electron chi connectivity index (χ2n) is 17.0. The summed E-state index contributed by atoms with van der Waals surface area (Å²) in [6, 6.07) is -0.626. The van der Waals surface area contributed by atoms with Crippen LogP contribution in [0.1, 0.15) is 194 Å². The van der Waals surface area contributed by atoms with E-state index in [9.17, 15) is 19.5 Å². The fourth-order valence-corrected chi connectivity index (χ4v) is 6.79. The number of carboxylic acids is 1. The standard InChI is InChI=1S/C51H89NO7/c1-6-8-10-12-14-16-18-20-22-24-25-26-28-30-32-34-36-38-40-42-50(54)59-47(45-57-44-43-48(51(55)56)52(3,4)5)46-58-49(53)41-39-37-35-33-31-29-27-23-21-19-17-15-13-11-9-7-2/h9,11,15,17,21,23,29,31,35,37,47-48H,6-8,10,12-14,16,18-20,22,24-28,30,32-34,36,38-46H2,1-5H3/p+1/b11-9+,17-15+,23-21+,31-29+,37-35+. The van der Waals surface area contributed by atoms with Crippen LogP contribution in [0.15, 0.2) is 60.8 Å². The Morgan fingerprint density at radius 3 is 1.37 bits per heavy atom. The lowest BCUT2D eigenvalue weighted by molar-refractivity contribution is -0.887. The third-order valence-corrected chi connectivity index (χ3v) is 10.4. The number of esters is 2. The van der Waals surface area contributed by atoms with E-state index < -0.39 is 18.1 Å². The van der Waals surface area contributed by atoms with Crippen molar-refractivity contribution in [3.8, 4) is 0 Å². The Bertz CT molecular complexity index is 1150. The summed E-state index contributed by atoms with van der Waals surface area (Å²) in [5, 5.41) is 9.63. The van der Waals surface area contributed by atoms with Crippen LogP contribution >= 0.6 is 0 Å². The molecule has 0 spiro atoms. The van der Waals surface area contributed by atoms with Gasteiger partial charge in [0.1, 0.15) is 6.61 Å². The number of carboxylic acid groups (broad SMARTS) is 1. The van der Waals surface area contributed by atoms with Crippen molar-refractivity contribution in [3.05, 3.63) is 60.8 Å². The Hall–Kier alpha value is -2.97. The van der Waals surface area contributed by atoms with Crippen LogP contribution in [0.2, 0.25) is 0 Å². The van der Waals surface area contributed by atoms with Crippen LogP contribution in [0.3, 0.4) is 0 Å². The summed E-state index contributed by atoms with van der Waals surface area (Å²) in [4.78, 5) is 37.0. The maximum absolute atomic E-state index is 12.8. The number of carbonyl (C=O) groups excluding carboxylic acids is 2. The molecule has 2 unspecified atom stereocenters. The number of nitrogens with zero attached hydrogens (tertiary/aromatic N) is 1. The van der Waals surface area contributed by atoms with Crippen LogP contribution in [0.4, 0.5) is 0 Å². The first kappa shape index (κ1) is 56.0. The molecular weight excluding hydrogens is 739 g/mol. The molecule has 0 fully saturated rings. The number of rotatable bonds is 42. The minimum absolute atomic E-state index is 0.0382. The molecule has 0 aromatic rings. The van der Waals surface area contributed by atoms with E-state index in [4.69, 9.17) is 14.2 Å². The molecule has 0 aromatic heterocycles. The van der Waals surface area contributed by atoms with Crippen molar-refractivity contribution in [2.75, 3.05) is 41.0 Å². The number of hydrogen-bond acceptors (Lipinski definition) is 6. The Kier molecular flexibility index (Phi) is 39.6. The number of hydrogen-bond donors (Lipinski definition) is 1. The van der Waals surface area contributed by atoms with Gasteiger partial charge in [-0.2, -0.15) is 0 Å². The molecule has 0 saturated carbocycles. The number of quaternary nitrogens is 1. The van der Waals surface area contributed by atoms with E-state index in [-0.39, 0.29) is 42.7 Å². The summed E-state index contributed by atoms with van der Waals surface area (Å²) in [5.74, 6) is -1.57. The molecule has 0 aromatic carbocycles. The van der Waals surface area contributed by atoms with E-state index in [1.165, 1.54) is 103 Å². The molecule has 0 saturated heterocycles. The van der Waals surface area contributed by atoms with E-state index in [0.29, 0.717) is 19.3 Å². The largest absolute Gasteiger partial charge is 0.477 e. The predicted molar refractivity (Wildman–Crippen MR) is 247 cm³/mol. The zero-order valence-corrected chi connectivity index (χ0v) is 38.7. The van der Waals surface area contributed by atoms with Crippen molar-refractivity contribution in [1.82, 2.24) is 0 Å². The summed E-state index contributed by atoms with van der Waals surface area (Å²) >= 11 is 0. The monoisotopic (exact) mass is 829 g/mol. The number of ether oxygens (including phenoxy) is 3. The van der Waals surface area contributed by atoms with Crippen LogP contribution in [0.5, 0.6) is 0 Å². The van der Waals surface area contributed by atoms with Crippen molar-refractivity contribution >= 4 is 17.9 Å². The summed E-state index contributed by atoms with van der Waals surface area (Å²) in [6.45, 7) is 4.56. The fourth-order valence-electron chi connectivity index (χ4n) is 6.79. The van der Waals surface area contributed by atoms with Gasteiger partial charge in [-0.1, -0.05) is 190 Å². The minimum atomic E-state index is -0.884. The van der Waals surface area contributed by atoms with Gasteiger partial charge in [-0.3, -0.25) is 9.59 Å². The van der Waals surface area contributed by atoms with Crippen molar-refractivity contribution in [2.24, 2.45) is 0 Å². The smallest absolute Gasteiger partial charge is 0.362 e. The average molecular weight is 829 g/mol. The zero-order valence-electron chi connectivity index (χ0n) is 38.7. The highest BCUT2D eigenvalue weighted by molar-refractivity contribution is 5.72. The Balaban J connectivity index is 4.37. The number of carbonyl (C=O) groups is 3. The molecule has 8 nitrogen and oxygen atoms in total. The van der Waals surface area contributed by atoms with Gasteiger partial charge in [0.2, 0.25) is 0 Å². The fraction of sp³-hybridized carbons (Fsp3) is 0.745. The van der Waals surface area contributed by atoms with E-state index in [1.54, 1.807) is 0 Å². The predicted octanol–water partition coefficient (Wildman–Crippen LogP) is 13.4. The summed E-state index contributed by atoms with van der Waals surface area (Å²) in [6.07, 6.45) is 51.4. The third kappa shape index (κ3) is 40.2. The van der Waals surface area contributed by atoms with Crippen LogP contribution in [0, 0.1) is 0 Å². The van der Waals surface area contributed by atoms with Crippen molar-refractivity contribution in [3.63, 3.8) is 0 Å². The van der Waals surface area contributed by atoms with Crippen LogP contribution in [-0.4, -0.2) is 80.6 Å². The molecule has 0 heterocycles. The molecule has 59 heavy (non-hydrogen) atoms. The first-order valence-corrected chi connectivity index (χ1v) is 23.8. The highest BCUT2D eigenvalue weighted by atomic mass is 16.6. The third-order valence-electron chi connectivity index (χ3n) is 10.4. The highest BCUT2D eigenvalue weighted by Crippen LogP contribution is 2.16. The molecule has 2 atom stereocenters. The molecule has 0 aliphatic carbocycles. The van der Waals surface area contributed by atoms with Crippen molar-refractivity contribution < 1.29 is 38.2 Å². The van der Waals surface area contributed by atoms with Gasteiger partial charge in [0.25, 0.3) is 0 Å². The Morgan fingerprint density at radius 1 is 0.525 bits per heavy atom. The number of allylic oxidation sites excluding steroid dienone is 10. The molecule has 1 N–H and O–H groups in total. The van der Waals surface area contributed by atoms with Gasteiger partial charge in [-0.05, 0) is 44.9 Å². The molecule has 0 aliphatic heterocycles.